The van der Waals surface area contributed by atoms with E-state index in [1.54, 1.807) is 11.3 Å². The average Bonchev–Trinajstić information content (AvgIpc) is 2.76. The van der Waals surface area contributed by atoms with E-state index in [0.717, 1.165) is 34.2 Å². The van der Waals surface area contributed by atoms with Crippen LogP contribution in [0.1, 0.15) is 10.7 Å². The number of nitrogens with one attached hydrogen (secondary N) is 1. The second kappa shape index (κ2) is 5.14. The van der Waals surface area contributed by atoms with Crippen molar-refractivity contribution in [1.29, 1.82) is 0 Å². The number of likely N-dealkylation sites (N-methyl/N-ethyl adjacent to an activating group) is 1. The minimum absolute atomic E-state index is 0.924. The molecule has 0 aromatic carbocycles. The van der Waals surface area contributed by atoms with E-state index >= 15 is 0 Å². The SMILES string of the molecule is CNCCc1nnc(-c2ccc(C)nc2)s1. The van der Waals surface area contributed by atoms with Gasteiger partial charge in [-0.15, -0.1) is 10.2 Å². The van der Waals surface area contributed by atoms with Crippen LogP contribution in [0.25, 0.3) is 10.6 Å². The molecule has 4 nitrogen and oxygen atoms in total. The quantitative estimate of drug-likeness (QED) is 0.874. The van der Waals surface area contributed by atoms with Crippen LogP contribution >= 0.6 is 11.3 Å². The van der Waals surface area contributed by atoms with Crippen molar-refractivity contribution in [2.45, 2.75) is 13.3 Å². The maximum Gasteiger partial charge on any atom is 0.149 e. The predicted molar refractivity (Wildman–Crippen MR) is 65.5 cm³/mol. The van der Waals surface area contributed by atoms with E-state index in [1.807, 2.05) is 32.3 Å². The van der Waals surface area contributed by atoms with Crippen molar-refractivity contribution >= 4 is 11.3 Å². The van der Waals surface area contributed by atoms with Gasteiger partial charge in [-0.1, -0.05) is 11.3 Å². The van der Waals surface area contributed by atoms with Gasteiger partial charge in [0.1, 0.15) is 10.0 Å². The normalized spacial score (nSPS) is 10.6. The van der Waals surface area contributed by atoms with Gasteiger partial charge >= 0.3 is 0 Å². The molecule has 0 aliphatic carbocycles. The molecule has 16 heavy (non-hydrogen) atoms. The first-order valence-corrected chi connectivity index (χ1v) is 6.01. The molecule has 0 amide bonds. The lowest BCUT2D eigenvalue weighted by molar-refractivity contribution is 0.779. The minimum Gasteiger partial charge on any atom is -0.319 e. The fourth-order valence-electron chi connectivity index (χ4n) is 1.30. The van der Waals surface area contributed by atoms with Gasteiger partial charge in [-0.3, -0.25) is 4.98 Å². The zero-order valence-electron chi connectivity index (χ0n) is 9.40. The fraction of sp³-hybridized carbons (Fsp3) is 0.364. The first-order chi connectivity index (χ1) is 7.79. The van der Waals surface area contributed by atoms with E-state index in [4.69, 9.17) is 0 Å². The highest BCUT2D eigenvalue weighted by atomic mass is 32.1. The number of rotatable bonds is 4. The number of aryl methyl sites for hydroxylation is 1. The Morgan fingerprint density at radius 1 is 1.31 bits per heavy atom. The highest BCUT2D eigenvalue weighted by Gasteiger charge is 2.06. The third-order valence-corrected chi connectivity index (χ3v) is 3.25. The van der Waals surface area contributed by atoms with Crippen LogP contribution in [0.4, 0.5) is 0 Å². The fourth-order valence-corrected chi connectivity index (χ4v) is 2.13. The van der Waals surface area contributed by atoms with Crippen molar-refractivity contribution in [2.24, 2.45) is 0 Å². The molecule has 2 aromatic rings. The van der Waals surface area contributed by atoms with E-state index in [2.05, 4.69) is 20.5 Å². The van der Waals surface area contributed by atoms with Crippen LogP contribution in [0.5, 0.6) is 0 Å². The molecule has 84 valence electrons. The molecule has 0 spiro atoms. The molecule has 0 radical (unpaired) electrons. The van der Waals surface area contributed by atoms with Gasteiger partial charge in [0.15, 0.2) is 0 Å². The summed E-state index contributed by atoms with van der Waals surface area (Å²) in [7, 11) is 1.94. The first kappa shape index (κ1) is 11.2. The summed E-state index contributed by atoms with van der Waals surface area (Å²) in [6.45, 7) is 2.91. The summed E-state index contributed by atoms with van der Waals surface area (Å²) in [5, 5.41) is 13.4. The highest BCUT2D eigenvalue weighted by molar-refractivity contribution is 7.14. The molecular formula is C11H14N4S. The lowest BCUT2D eigenvalue weighted by atomic mass is 10.3. The monoisotopic (exact) mass is 234 g/mol. The Balaban J connectivity index is 2.15. The van der Waals surface area contributed by atoms with Crippen molar-refractivity contribution in [3.05, 3.63) is 29.0 Å². The summed E-state index contributed by atoms with van der Waals surface area (Å²) in [6, 6.07) is 4.02. The van der Waals surface area contributed by atoms with Crippen molar-refractivity contribution in [2.75, 3.05) is 13.6 Å². The summed E-state index contributed by atoms with van der Waals surface area (Å²) in [5.74, 6) is 0. The van der Waals surface area contributed by atoms with Crippen LogP contribution in [0.3, 0.4) is 0 Å². The maximum absolute atomic E-state index is 4.25. The summed E-state index contributed by atoms with van der Waals surface area (Å²) in [6.07, 6.45) is 2.77. The average molecular weight is 234 g/mol. The van der Waals surface area contributed by atoms with E-state index in [0.29, 0.717) is 0 Å². The number of hydrogen-bond acceptors (Lipinski definition) is 5. The van der Waals surface area contributed by atoms with Crippen molar-refractivity contribution in [1.82, 2.24) is 20.5 Å². The summed E-state index contributed by atoms with van der Waals surface area (Å²) in [5.41, 5.74) is 2.06. The van der Waals surface area contributed by atoms with Crippen LogP contribution in [0.15, 0.2) is 18.3 Å². The first-order valence-electron chi connectivity index (χ1n) is 5.19. The molecule has 0 aliphatic heterocycles. The Bertz CT molecular complexity index is 449. The largest absolute Gasteiger partial charge is 0.319 e. The molecule has 0 aliphatic rings. The molecule has 2 heterocycles. The van der Waals surface area contributed by atoms with Crippen molar-refractivity contribution in [3.8, 4) is 10.6 Å². The van der Waals surface area contributed by atoms with E-state index in [-0.39, 0.29) is 0 Å². The molecule has 0 fully saturated rings. The van der Waals surface area contributed by atoms with Gasteiger partial charge in [-0.2, -0.15) is 0 Å². The molecule has 0 unspecified atom stereocenters. The third-order valence-electron chi connectivity index (χ3n) is 2.21. The Kier molecular flexibility index (Phi) is 3.58. The standard InChI is InChI=1S/C11H14N4S/c1-8-3-4-9(7-13-8)11-15-14-10(16-11)5-6-12-2/h3-4,7,12H,5-6H2,1-2H3. The van der Waals surface area contributed by atoms with Gasteiger partial charge in [-0.05, 0) is 26.1 Å². The van der Waals surface area contributed by atoms with Crippen LogP contribution in [0, 0.1) is 6.92 Å². The van der Waals surface area contributed by atoms with Crippen LogP contribution in [-0.2, 0) is 6.42 Å². The molecule has 1 N–H and O–H groups in total. The molecule has 2 rings (SSSR count). The molecule has 0 saturated carbocycles. The van der Waals surface area contributed by atoms with Crippen LogP contribution in [0.2, 0.25) is 0 Å². The van der Waals surface area contributed by atoms with Gasteiger partial charge in [0.2, 0.25) is 0 Å². The van der Waals surface area contributed by atoms with Gasteiger partial charge in [0.05, 0.1) is 0 Å². The van der Waals surface area contributed by atoms with Crippen LogP contribution < -0.4 is 5.32 Å². The Morgan fingerprint density at radius 2 is 2.19 bits per heavy atom. The molecule has 0 atom stereocenters. The van der Waals surface area contributed by atoms with Gasteiger partial charge in [-0.25, -0.2) is 0 Å². The lowest BCUT2D eigenvalue weighted by Gasteiger charge is -1.95. The molecule has 5 heteroatoms. The van der Waals surface area contributed by atoms with E-state index in [9.17, 15) is 0 Å². The Labute approximate surface area is 98.8 Å². The van der Waals surface area contributed by atoms with Gasteiger partial charge in [0.25, 0.3) is 0 Å². The summed E-state index contributed by atoms with van der Waals surface area (Å²) >= 11 is 1.63. The molecular weight excluding hydrogens is 220 g/mol. The van der Waals surface area contributed by atoms with Crippen LogP contribution in [-0.4, -0.2) is 28.8 Å². The molecule has 2 aromatic heterocycles. The lowest BCUT2D eigenvalue weighted by Crippen LogP contribution is -2.09. The van der Waals surface area contributed by atoms with Crippen molar-refractivity contribution in [3.63, 3.8) is 0 Å². The zero-order chi connectivity index (χ0) is 11.4. The number of pyridine rings is 1. The van der Waals surface area contributed by atoms with Gasteiger partial charge in [0, 0.05) is 30.4 Å². The van der Waals surface area contributed by atoms with E-state index < -0.39 is 0 Å². The summed E-state index contributed by atoms with van der Waals surface area (Å²) in [4.78, 5) is 4.25. The highest BCUT2D eigenvalue weighted by Crippen LogP contribution is 2.22. The number of nitrogens with zero attached hydrogens (tertiary/aromatic N) is 3. The molecule has 0 saturated heterocycles. The Hall–Kier alpha value is -1.33. The minimum atomic E-state index is 0.924. The second-order valence-electron chi connectivity index (χ2n) is 3.54. The van der Waals surface area contributed by atoms with E-state index in [1.165, 1.54) is 0 Å². The number of hydrogen-bond donors (Lipinski definition) is 1. The second-order valence-corrected chi connectivity index (χ2v) is 4.60. The molecule has 0 bridgehead atoms. The number of aromatic nitrogens is 3. The maximum atomic E-state index is 4.25. The topological polar surface area (TPSA) is 50.7 Å². The van der Waals surface area contributed by atoms with Gasteiger partial charge < -0.3 is 5.32 Å². The Morgan fingerprint density at radius 3 is 2.88 bits per heavy atom. The smallest absolute Gasteiger partial charge is 0.149 e. The van der Waals surface area contributed by atoms with Crippen molar-refractivity contribution < 1.29 is 0 Å². The third kappa shape index (κ3) is 2.62. The predicted octanol–water partition coefficient (Wildman–Crippen LogP) is 1.67. The summed E-state index contributed by atoms with van der Waals surface area (Å²) < 4.78 is 0. The zero-order valence-corrected chi connectivity index (χ0v) is 10.2.